The van der Waals surface area contributed by atoms with Crippen molar-refractivity contribution in [3.63, 3.8) is 0 Å². The van der Waals surface area contributed by atoms with Gasteiger partial charge in [-0.15, -0.1) is 0 Å². The SMILES string of the molecule is CC(C)=CCC/C(C)=C/CN1C(=O)[C@]2(O[C@H](CC(=O)N3Cc4ccccc4C[C@H]3CO)[C@@H]([Si](C)(C)F)[C@@H]2C)c2cc(NC(=O)c3ccc(N)cc3)ccc21. The first-order valence-electron chi connectivity index (χ1n) is 18.9. The van der Waals surface area contributed by atoms with Gasteiger partial charge in [-0.25, -0.2) is 0 Å². The lowest BCUT2D eigenvalue weighted by Gasteiger charge is -2.37. The summed E-state index contributed by atoms with van der Waals surface area (Å²) >= 11 is 0. The fourth-order valence-corrected chi connectivity index (χ4v) is 11.1. The molecule has 11 heteroatoms. The van der Waals surface area contributed by atoms with E-state index in [9.17, 15) is 19.5 Å². The molecule has 0 aliphatic carbocycles. The van der Waals surface area contributed by atoms with E-state index >= 15 is 4.11 Å². The second kappa shape index (κ2) is 15.6. The number of nitrogen functional groups attached to an aromatic ring is 1. The zero-order valence-electron chi connectivity index (χ0n) is 32.2. The van der Waals surface area contributed by atoms with Crippen LogP contribution in [0.1, 0.15) is 74.0 Å². The van der Waals surface area contributed by atoms with E-state index < -0.39 is 37.6 Å². The van der Waals surface area contributed by atoms with Gasteiger partial charge in [-0.3, -0.25) is 14.4 Å². The molecule has 3 aromatic rings. The Morgan fingerprint density at radius 2 is 1.76 bits per heavy atom. The van der Waals surface area contributed by atoms with Crippen LogP contribution in [0.15, 0.2) is 90.0 Å². The molecule has 54 heavy (non-hydrogen) atoms. The fourth-order valence-electron chi connectivity index (χ4n) is 8.61. The lowest BCUT2D eigenvalue weighted by molar-refractivity contribution is -0.150. The number of amides is 3. The highest BCUT2D eigenvalue weighted by Crippen LogP contribution is 2.60. The third-order valence-corrected chi connectivity index (χ3v) is 13.8. The number of halogens is 1. The summed E-state index contributed by atoms with van der Waals surface area (Å²) in [5, 5.41) is 13.3. The molecule has 0 radical (unpaired) electrons. The van der Waals surface area contributed by atoms with Gasteiger partial charge >= 0.3 is 0 Å². The molecular formula is C43H53FN4O5Si. The predicted molar refractivity (Wildman–Crippen MR) is 214 cm³/mol. The van der Waals surface area contributed by atoms with Crippen molar-refractivity contribution in [3.8, 4) is 0 Å². The number of benzene rings is 3. The van der Waals surface area contributed by atoms with E-state index in [1.165, 1.54) is 5.57 Å². The Labute approximate surface area is 319 Å². The van der Waals surface area contributed by atoms with Gasteiger partial charge in [-0.1, -0.05) is 54.5 Å². The molecule has 1 fully saturated rings. The second-order valence-electron chi connectivity index (χ2n) is 15.9. The molecule has 286 valence electrons. The van der Waals surface area contributed by atoms with Crippen LogP contribution in [0.2, 0.25) is 18.6 Å². The molecule has 0 saturated carbocycles. The molecule has 3 aliphatic rings. The molecule has 1 spiro atoms. The number of carbonyl (C=O) groups is 3. The summed E-state index contributed by atoms with van der Waals surface area (Å²) in [4.78, 5) is 45.8. The number of nitrogens with one attached hydrogen (secondary N) is 1. The van der Waals surface area contributed by atoms with Gasteiger partial charge in [0.1, 0.15) is 0 Å². The highest BCUT2D eigenvalue weighted by molar-refractivity contribution is 6.72. The van der Waals surface area contributed by atoms with Crippen molar-refractivity contribution in [1.29, 1.82) is 0 Å². The molecule has 3 heterocycles. The smallest absolute Gasteiger partial charge is 0.264 e. The average molecular weight is 753 g/mol. The molecule has 3 aliphatic heterocycles. The zero-order chi connectivity index (χ0) is 38.9. The van der Waals surface area contributed by atoms with Crippen molar-refractivity contribution < 1.29 is 28.3 Å². The van der Waals surface area contributed by atoms with Crippen LogP contribution >= 0.6 is 0 Å². The van der Waals surface area contributed by atoms with E-state index in [1.807, 2.05) is 50.3 Å². The largest absolute Gasteiger partial charge is 0.399 e. The molecule has 1 saturated heterocycles. The van der Waals surface area contributed by atoms with Crippen LogP contribution in [0, 0.1) is 5.92 Å². The molecule has 3 amide bonds. The van der Waals surface area contributed by atoms with Crippen LogP contribution in [-0.4, -0.2) is 61.4 Å². The maximum absolute atomic E-state index is 16.6. The molecular weight excluding hydrogens is 700 g/mol. The van der Waals surface area contributed by atoms with E-state index in [1.54, 1.807) is 59.3 Å². The summed E-state index contributed by atoms with van der Waals surface area (Å²) in [6.07, 6.45) is 5.47. The van der Waals surface area contributed by atoms with Gasteiger partial charge in [0.15, 0.2) is 5.60 Å². The van der Waals surface area contributed by atoms with Gasteiger partial charge < -0.3 is 34.8 Å². The highest BCUT2D eigenvalue weighted by Gasteiger charge is 2.67. The summed E-state index contributed by atoms with van der Waals surface area (Å²) in [6.45, 7) is 11.7. The Bertz CT molecular complexity index is 1970. The summed E-state index contributed by atoms with van der Waals surface area (Å²) in [6, 6.07) is 19.4. The first-order chi connectivity index (χ1) is 25.6. The minimum atomic E-state index is -3.58. The maximum atomic E-state index is 16.6. The number of aliphatic hydroxyl groups is 1. The molecule has 0 unspecified atom stereocenters. The summed E-state index contributed by atoms with van der Waals surface area (Å²) in [5.74, 6) is -1.53. The van der Waals surface area contributed by atoms with Crippen molar-refractivity contribution in [2.45, 2.75) is 96.3 Å². The molecule has 4 N–H and O–H groups in total. The molecule has 6 rings (SSSR count). The van der Waals surface area contributed by atoms with Crippen molar-refractivity contribution >= 4 is 43.2 Å². The Kier molecular flexibility index (Phi) is 11.3. The number of hydrogen-bond acceptors (Lipinski definition) is 6. The number of fused-ring (bicyclic) bond motifs is 3. The molecule has 3 aromatic carbocycles. The van der Waals surface area contributed by atoms with Crippen LogP contribution in [0.4, 0.5) is 21.2 Å². The van der Waals surface area contributed by atoms with Crippen LogP contribution in [0.3, 0.4) is 0 Å². The Balaban J connectivity index is 1.36. The molecule has 5 atom stereocenters. The maximum Gasteiger partial charge on any atom is 0.264 e. The number of hydrogen-bond donors (Lipinski definition) is 3. The first kappa shape index (κ1) is 39.1. The minimum absolute atomic E-state index is 0.130. The monoisotopic (exact) mass is 752 g/mol. The summed E-state index contributed by atoms with van der Waals surface area (Å²) < 4.78 is 23.6. The van der Waals surface area contributed by atoms with Gasteiger partial charge in [0.05, 0.1) is 30.9 Å². The topological polar surface area (TPSA) is 125 Å². The van der Waals surface area contributed by atoms with Gasteiger partial charge in [0.2, 0.25) is 14.3 Å². The Morgan fingerprint density at radius 1 is 1.06 bits per heavy atom. The third kappa shape index (κ3) is 7.67. The second-order valence-corrected chi connectivity index (χ2v) is 19.7. The van der Waals surface area contributed by atoms with Crippen molar-refractivity contribution in [2.75, 3.05) is 29.1 Å². The van der Waals surface area contributed by atoms with E-state index in [-0.39, 0.29) is 37.3 Å². The average Bonchev–Trinajstić information content (AvgIpc) is 3.55. The number of nitrogens with two attached hydrogens (primary N) is 1. The van der Waals surface area contributed by atoms with Crippen LogP contribution in [-0.2, 0) is 32.9 Å². The number of allylic oxidation sites excluding steroid dienone is 3. The van der Waals surface area contributed by atoms with Crippen molar-refractivity contribution in [3.05, 3.63) is 112 Å². The van der Waals surface area contributed by atoms with Crippen molar-refractivity contribution in [2.24, 2.45) is 5.92 Å². The Morgan fingerprint density at radius 3 is 2.43 bits per heavy atom. The van der Waals surface area contributed by atoms with Crippen LogP contribution in [0.25, 0.3) is 0 Å². The third-order valence-electron chi connectivity index (χ3n) is 11.4. The number of nitrogens with zero attached hydrogens (tertiary/aromatic N) is 2. The van der Waals surface area contributed by atoms with Crippen LogP contribution in [0.5, 0.6) is 0 Å². The zero-order valence-corrected chi connectivity index (χ0v) is 33.2. The number of anilines is 3. The molecule has 9 nitrogen and oxygen atoms in total. The van der Waals surface area contributed by atoms with Crippen molar-refractivity contribution in [1.82, 2.24) is 4.90 Å². The van der Waals surface area contributed by atoms with Crippen LogP contribution < -0.4 is 16.0 Å². The summed E-state index contributed by atoms with van der Waals surface area (Å²) in [7, 11) is -3.58. The van der Waals surface area contributed by atoms with Gasteiger partial charge in [-0.05, 0) is 107 Å². The van der Waals surface area contributed by atoms with E-state index in [0.29, 0.717) is 41.2 Å². The first-order valence-corrected chi connectivity index (χ1v) is 21.9. The quantitative estimate of drug-likeness (QED) is 0.0800. The molecule has 0 aromatic heterocycles. The van der Waals surface area contributed by atoms with E-state index in [2.05, 4.69) is 25.2 Å². The number of rotatable bonds is 11. The number of ether oxygens (including phenoxy) is 1. The minimum Gasteiger partial charge on any atom is -0.399 e. The van der Waals surface area contributed by atoms with E-state index in [4.69, 9.17) is 10.5 Å². The predicted octanol–water partition coefficient (Wildman–Crippen LogP) is 7.67. The van der Waals surface area contributed by atoms with Gasteiger partial charge in [-0.2, -0.15) is 0 Å². The van der Waals surface area contributed by atoms with E-state index in [0.717, 1.165) is 29.5 Å². The van der Waals surface area contributed by atoms with Gasteiger partial charge in [0.25, 0.3) is 11.8 Å². The normalized spacial score (nSPS) is 23.7. The fraction of sp³-hybridized carbons (Fsp3) is 0.419. The lowest BCUT2D eigenvalue weighted by atomic mass is 9.82. The molecule has 0 bridgehead atoms. The Hall–Kier alpha value is -4.58. The van der Waals surface area contributed by atoms with Gasteiger partial charge in [0, 0.05) is 47.1 Å². The number of aliphatic hydroxyl groups excluding tert-OH is 1. The standard InChI is InChI=1S/C43H53FN4O5Si/c1-27(2)10-9-11-28(3)20-21-47-37-19-18-34(46-41(51)30-14-16-33(45)17-15-30)23-36(37)43(42(47)52)29(4)40(54(5,6)44)38(53-43)24-39(50)48-25-32-13-8-7-12-31(32)22-35(48)26-49/h7-8,10,12-20,23,29,35,38,40,49H,9,11,21-22,24-26,45H2,1-6H3,(H,46,51)/b28-20+/t29-,35-,38+,40-,43+/m0/s1. The highest BCUT2D eigenvalue weighted by atomic mass is 28.4. The lowest BCUT2D eigenvalue weighted by Crippen LogP contribution is -2.48. The summed E-state index contributed by atoms with van der Waals surface area (Å²) in [5.41, 5.74) is 10.6. The number of carbonyl (C=O) groups excluding carboxylic acids is 3.